The highest BCUT2D eigenvalue weighted by molar-refractivity contribution is 8.00. The van der Waals surface area contributed by atoms with Gasteiger partial charge in [0.2, 0.25) is 11.1 Å². The molecule has 0 fully saturated rings. The number of carbonyl (C=O) groups is 1. The van der Waals surface area contributed by atoms with Crippen molar-refractivity contribution >= 4 is 23.4 Å². The maximum absolute atomic E-state index is 12.7. The lowest BCUT2D eigenvalue weighted by atomic mass is 10.2. The normalized spacial score (nSPS) is 11.7. The summed E-state index contributed by atoms with van der Waals surface area (Å²) in [4.78, 5) is 12.7. The Kier molecular flexibility index (Phi) is 6.81. The van der Waals surface area contributed by atoms with Crippen molar-refractivity contribution in [2.75, 3.05) is 5.32 Å². The molecule has 4 aromatic rings. The van der Waals surface area contributed by atoms with Gasteiger partial charge in [-0.25, -0.2) is 0 Å². The molecule has 8 heteroatoms. The summed E-state index contributed by atoms with van der Waals surface area (Å²) in [6, 6.07) is 25.2. The number of anilines is 1. The zero-order valence-corrected chi connectivity index (χ0v) is 18.6. The largest absolute Gasteiger partial charge is 0.489 e. The van der Waals surface area contributed by atoms with Gasteiger partial charge in [-0.2, -0.15) is 4.68 Å². The molecule has 32 heavy (non-hydrogen) atoms. The fourth-order valence-electron chi connectivity index (χ4n) is 3.01. The summed E-state index contributed by atoms with van der Waals surface area (Å²) in [6.45, 7) is 4.33. The van der Waals surface area contributed by atoms with Crippen molar-refractivity contribution < 1.29 is 9.53 Å². The smallest absolute Gasteiger partial charge is 0.237 e. The fourth-order valence-corrected chi connectivity index (χ4v) is 3.81. The number of nitrogens with one attached hydrogen (secondary N) is 1. The number of rotatable bonds is 8. The van der Waals surface area contributed by atoms with E-state index in [1.165, 1.54) is 11.8 Å². The molecule has 0 spiro atoms. The van der Waals surface area contributed by atoms with Gasteiger partial charge in [-0.3, -0.25) is 4.79 Å². The monoisotopic (exact) mass is 445 g/mol. The van der Waals surface area contributed by atoms with Gasteiger partial charge in [-0.1, -0.05) is 54.2 Å². The third-order valence-electron chi connectivity index (χ3n) is 4.71. The van der Waals surface area contributed by atoms with Crippen LogP contribution >= 0.6 is 11.8 Å². The first-order chi connectivity index (χ1) is 15.6. The first-order valence-electron chi connectivity index (χ1n) is 10.2. The number of aryl methyl sites for hydroxylation is 1. The molecule has 0 saturated carbocycles. The van der Waals surface area contributed by atoms with Crippen molar-refractivity contribution in [2.24, 2.45) is 0 Å². The standard InChI is InChI=1S/C24H23N5O2S/c1-17-7-6-10-21(15-17)29-24(26-27-28-29)32-18(2)23(30)25-20-11-13-22(14-12-20)31-16-19-8-4-3-5-9-19/h3-15,18H,16H2,1-2H3,(H,25,30). The molecule has 1 heterocycles. The minimum Gasteiger partial charge on any atom is -0.489 e. The van der Waals surface area contributed by atoms with Crippen molar-refractivity contribution in [1.29, 1.82) is 0 Å². The van der Waals surface area contributed by atoms with Crippen LogP contribution in [0, 0.1) is 6.92 Å². The zero-order chi connectivity index (χ0) is 22.3. The second-order valence-electron chi connectivity index (χ2n) is 7.26. The maximum Gasteiger partial charge on any atom is 0.237 e. The molecular weight excluding hydrogens is 422 g/mol. The number of nitrogens with zero attached hydrogens (tertiary/aromatic N) is 4. The van der Waals surface area contributed by atoms with E-state index in [4.69, 9.17) is 4.74 Å². The Labute approximate surface area is 190 Å². The van der Waals surface area contributed by atoms with Crippen LogP contribution in [-0.2, 0) is 11.4 Å². The molecule has 1 atom stereocenters. The molecule has 4 rings (SSSR count). The molecular formula is C24H23N5O2S. The topological polar surface area (TPSA) is 81.9 Å². The SMILES string of the molecule is Cc1cccc(-n2nnnc2SC(C)C(=O)Nc2ccc(OCc3ccccc3)cc2)c1. The second-order valence-corrected chi connectivity index (χ2v) is 8.57. The first-order valence-corrected chi connectivity index (χ1v) is 11.1. The minimum atomic E-state index is -0.390. The average Bonchev–Trinajstić information content (AvgIpc) is 3.27. The molecule has 1 amide bonds. The van der Waals surface area contributed by atoms with E-state index in [-0.39, 0.29) is 5.91 Å². The summed E-state index contributed by atoms with van der Waals surface area (Å²) >= 11 is 1.30. The van der Waals surface area contributed by atoms with Gasteiger partial charge in [0, 0.05) is 5.69 Å². The van der Waals surface area contributed by atoms with E-state index >= 15 is 0 Å². The van der Waals surface area contributed by atoms with Crippen LogP contribution in [0.2, 0.25) is 0 Å². The van der Waals surface area contributed by atoms with Crippen molar-refractivity contribution in [1.82, 2.24) is 20.2 Å². The number of benzene rings is 3. The Bertz CT molecular complexity index is 1180. The Balaban J connectivity index is 1.34. The number of tetrazole rings is 1. The zero-order valence-electron chi connectivity index (χ0n) is 17.8. The van der Waals surface area contributed by atoms with Crippen LogP contribution in [0.1, 0.15) is 18.1 Å². The number of amides is 1. The van der Waals surface area contributed by atoms with Gasteiger partial charge in [0.05, 0.1) is 10.9 Å². The van der Waals surface area contributed by atoms with Crippen LogP contribution in [0.15, 0.2) is 84.0 Å². The van der Waals surface area contributed by atoms with Crippen LogP contribution in [0.5, 0.6) is 5.75 Å². The Hall–Kier alpha value is -3.65. The van der Waals surface area contributed by atoms with Gasteiger partial charge in [0.15, 0.2) is 0 Å². The van der Waals surface area contributed by atoms with Crippen LogP contribution in [0.25, 0.3) is 5.69 Å². The van der Waals surface area contributed by atoms with Gasteiger partial charge in [-0.05, 0) is 71.8 Å². The van der Waals surface area contributed by atoms with Crippen molar-refractivity contribution in [3.8, 4) is 11.4 Å². The van der Waals surface area contributed by atoms with Crippen LogP contribution < -0.4 is 10.1 Å². The lowest BCUT2D eigenvalue weighted by Gasteiger charge is -2.12. The van der Waals surface area contributed by atoms with E-state index < -0.39 is 5.25 Å². The van der Waals surface area contributed by atoms with E-state index in [9.17, 15) is 4.79 Å². The summed E-state index contributed by atoms with van der Waals surface area (Å²) < 4.78 is 7.43. The number of aromatic nitrogens is 4. The fraction of sp³-hybridized carbons (Fsp3) is 0.167. The Morgan fingerprint density at radius 1 is 1.06 bits per heavy atom. The molecule has 0 bridgehead atoms. The molecule has 0 saturated heterocycles. The average molecular weight is 446 g/mol. The van der Waals surface area contributed by atoms with Gasteiger partial charge >= 0.3 is 0 Å². The third-order valence-corrected chi connectivity index (χ3v) is 5.74. The third kappa shape index (κ3) is 5.53. The van der Waals surface area contributed by atoms with Crippen LogP contribution in [0.4, 0.5) is 5.69 Å². The molecule has 0 aliphatic heterocycles. The number of thioether (sulfide) groups is 1. The summed E-state index contributed by atoms with van der Waals surface area (Å²) in [5.74, 6) is 0.610. The van der Waals surface area contributed by atoms with Gasteiger partial charge < -0.3 is 10.1 Å². The van der Waals surface area contributed by atoms with Crippen LogP contribution in [0.3, 0.4) is 0 Å². The van der Waals surface area contributed by atoms with Crippen molar-refractivity contribution in [2.45, 2.75) is 30.9 Å². The summed E-state index contributed by atoms with van der Waals surface area (Å²) in [7, 11) is 0. The van der Waals surface area contributed by atoms with Gasteiger partial charge in [0.25, 0.3) is 0 Å². The van der Waals surface area contributed by atoms with Gasteiger partial charge in [0.1, 0.15) is 12.4 Å². The molecule has 0 radical (unpaired) electrons. The number of ether oxygens (including phenoxy) is 1. The second kappa shape index (κ2) is 10.1. The van der Waals surface area contributed by atoms with Crippen molar-refractivity contribution in [3.63, 3.8) is 0 Å². The molecule has 7 nitrogen and oxygen atoms in total. The minimum absolute atomic E-state index is 0.133. The van der Waals surface area contributed by atoms with Gasteiger partial charge in [-0.15, -0.1) is 5.10 Å². The maximum atomic E-state index is 12.7. The predicted octanol–water partition coefficient (Wildman–Crippen LogP) is 4.67. The lowest BCUT2D eigenvalue weighted by Crippen LogP contribution is -2.22. The predicted molar refractivity (Wildman–Crippen MR) is 125 cm³/mol. The van der Waals surface area contributed by atoms with E-state index in [0.717, 1.165) is 22.6 Å². The van der Waals surface area contributed by atoms with Crippen molar-refractivity contribution in [3.05, 3.63) is 90.0 Å². The number of carbonyl (C=O) groups excluding carboxylic acids is 1. The molecule has 0 aliphatic carbocycles. The highest BCUT2D eigenvalue weighted by Crippen LogP contribution is 2.25. The molecule has 162 valence electrons. The molecule has 1 aromatic heterocycles. The Morgan fingerprint density at radius 3 is 2.59 bits per heavy atom. The van der Waals surface area contributed by atoms with E-state index in [0.29, 0.717) is 17.5 Å². The summed E-state index contributed by atoms with van der Waals surface area (Å²) in [5.41, 5.74) is 3.77. The lowest BCUT2D eigenvalue weighted by molar-refractivity contribution is -0.115. The van der Waals surface area contributed by atoms with E-state index in [1.807, 2.05) is 92.7 Å². The molecule has 0 aliphatic rings. The van der Waals surface area contributed by atoms with Crippen LogP contribution in [-0.4, -0.2) is 31.4 Å². The van der Waals surface area contributed by atoms with E-state index in [2.05, 4.69) is 20.8 Å². The first kappa shape index (κ1) is 21.6. The van der Waals surface area contributed by atoms with E-state index in [1.54, 1.807) is 4.68 Å². The Morgan fingerprint density at radius 2 is 1.84 bits per heavy atom. The molecule has 1 unspecified atom stereocenters. The summed E-state index contributed by atoms with van der Waals surface area (Å²) in [6.07, 6.45) is 0. The highest BCUT2D eigenvalue weighted by atomic mass is 32.2. The number of hydrogen-bond acceptors (Lipinski definition) is 6. The molecule has 3 aromatic carbocycles. The summed E-state index contributed by atoms with van der Waals surface area (Å²) in [5, 5.41) is 15.0. The number of hydrogen-bond donors (Lipinski definition) is 1. The quantitative estimate of drug-likeness (QED) is 0.397. The molecule has 1 N–H and O–H groups in total. The highest BCUT2D eigenvalue weighted by Gasteiger charge is 2.19.